The Morgan fingerprint density at radius 2 is 2.22 bits per heavy atom. The average molecular weight is 310 g/mol. The molecule has 0 aromatic carbocycles. The SMILES string of the molecule is C=C(Br)CN(C)C1CCN(c2ccccn2)CC1. The largest absolute Gasteiger partial charge is 0.357 e. The maximum absolute atomic E-state index is 4.41. The van der Waals surface area contributed by atoms with E-state index in [2.05, 4.69) is 56.5 Å². The van der Waals surface area contributed by atoms with Crippen LogP contribution in [0.5, 0.6) is 0 Å². The highest BCUT2D eigenvalue weighted by Gasteiger charge is 2.22. The smallest absolute Gasteiger partial charge is 0.128 e. The van der Waals surface area contributed by atoms with Crippen molar-refractivity contribution in [3.8, 4) is 0 Å². The Morgan fingerprint density at radius 1 is 1.50 bits per heavy atom. The van der Waals surface area contributed by atoms with Crippen LogP contribution in [0.4, 0.5) is 5.82 Å². The molecule has 4 heteroatoms. The van der Waals surface area contributed by atoms with Gasteiger partial charge in [0.15, 0.2) is 0 Å². The van der Waals surface area contributed by atoms with Gasteiger partial charge in [-0.1, -0.05) is 28.6 Å². The first-order chi connectivity index (χ1) is 8.66. The van der Waals surface area contributed by atoms with Crippen molar-refractivity contribution in [3.63, 3.8) is 0 Å². The van der Waals surface area contributed by atoms with Crippen LogP contribution < -0.4 is 4.90 Å². The van der Waals surface area contributed by atoms with E-state index in [1.165, 1.54) is 12.8 Å². The fraction of sp³-hybridized carbons (Fsp3) is 0.500. The van der Waals surface area contributed by atoms with Crippen LogP contribution in [-0.4, -0.2) is 42.6 Å². The molecule has 0 saturated carbocycles. The number of piperidine rings is 1. The van der Waals surface area contributed by atoms with Gasteiger partial charge in [0.05, 0.1) is 0 Å². The van der Waals surface area contributed by atoms with Crippen molar-refractivity contribution in [2.75, 3.05) is 31.6 Å². The Labute approximate surface area is 118 Å². The topological polar surface area (TPSA) is 19.4 Å². The summed E-state index contributed by atoms with van der Waals surface area (Å²) in [5.74, 6) is 1.10. The Morgan fingerprint density at radius 3 is 2.78 bits per heavy atom. The molecule has 0 bridgehead atoms. The molecule has 2 rings (SSSR count). The minimum Gasteiger partial charge on any atom is -0.357 e. The van der Waals surface area contributed by atoms with Gasteiger partial charge in [0, 0.05) is 36.4 Å². The fourth-order valence-corrected chi connectivity index (χ4v) is 2.87. The number of likely N-dealkylation sites (N-methyl/N-ethyl adjacent to an activating group) is 1. The summed E-state index contributed by atoms with van der Waals surface area (Å²) in [5.41, 5.74) is 0. The second-order valence-corrected chi connectivity index (χ2v) is 5.96. The Kier molecular flexibility index (Phi) is 4.78. The summed E-state index contributed by atoms with van der Waals surface area (Å²) < 4.78 is 1.05. The van der Waals surface area contributed by atoms with Crippen molar-refractivity contribution >= 4 is 21.7 Å². The maximum Gasteiger partial charge on any atom is 0.128 e. The van der Waals surface area contributed by atoms with Gasteiger partial charge >= 0.3 is 0 Å². The van der Waals surface area contributed by atoms with E-state index in [9.17, 15) is 0 Å². The number of nitrogens with zero attached hydrogens (tertiary/aromatic N) is 3. The Bertz CT molecular complexity index is 385. The van der Waals surface area contributed by atoms with Crippen molar-refractivity contribution < 1.29 is 0 Å². The molecule has 98 valence electrons. The first-order valence-electron chi connectivity index (χ1n) is 6.36. The van der Waals surface area contributed by atoms with Crippen LogP contribution in [0.1, 0.15) is 12.8 Å². The molecule has 18 heavy (non-hydrogen) atoms. The molecule has 0 aliphatic carbocycles. The Balaban J connectivity index is 1.86. The van der Waals surface area contributed by atoms with Crippen LogP contribution in [0.3, 0.4) is 0 Å². The average Bonchev–Trinajstić information content (AvgIpc) is 2.39. The van der Waals surface area contributed by atoms with E-state index in [0.717, 1.165) is 29.9 Å². The molecule has 0 unspecified atom stereocenters. The van der Waals surface area contributed by atoms with Gasteiger partial charge in [-0.3, -0.25) is 4.90 Å². The first kappa shape index (κ1) is 13.6. The number of pyridine rings is 1. The molecule has 1 aliphatic heterocycles. The molecule has 1 aliphatic rings. The Hall–Kier alpha value is -0.870. The highest BCUT2D eigenvalue weighted by molar-refractivity contribution is 9.11. The van der Waals surface area contributed by atoms with Crippen LogP contribution in [0.2, 0.25) is 0 Å². The predicted molar refractivity (Wildman–Crippen MR) is 80.2 cm³/mol. The standard InChI is InChI=1S/C14H20BrN3/c1-12(15)11-17(2)13-6-9-18(10-7-13)14-5-3-4-8-16-14/h3-5,8,13H,1,6-7,9-11H2,2H3. The highest BCUT2D eigenvalue weighted by atomic mass is 79.9. The molecule has 1 saturated heterocycles. The van der Waals surface area contributed by atoms with E-state index in [-0.39, 0.29) is 0 Å². The number of anilines is 1. The third-order valence-corrected chi connectivity index (χ3v) is 3.73. The number of halogens is 1. The zero-order chi connectivity index (χ0) is 13.0. The van der Waals surface area contributed by atoms with Crippen LogP contribution >= 0.6 is 15.9 Å². The molecule has 0 N–H and O–H groups in total. The molecule has 3 nitrogen and oxygen atoms in total. The van der Waals surface area contributed by atoms with Crippen LogP contribution in [-0.2, 0) is 0 Å². The molecule has 1 aromatic heterocycles. The van der Waals surface area contributed by atoms with Gasteiger partial charge in [-0.15, -0.1) is 0 Å². The van der Waals surface area contributed by atoms with Crippen molar-refractivity contribution in [1.29, 1.82) is 0 Å². The predicted octanol–water partition coefficient (Wildman–Crippen LogP) is 2.89. The van der Waals surface area contributed by atoms with Gasteiger partial charge < -0.3 is 4.90 Å². The molecule has 0 atom stereocenters. The summed E-state index contributed by atoms with van der Waals surface area (Å²) in [6.07, 6.45) is 4.24. The minimum absolute atomic E-state index is 0.652. The van der Waals surface area contributed by atoms with E-state index in [0.29, 0.717) is 6.04 Å². The van der Waals surface area contributed by atoms with Crippen molar-refractivity contribution in [2.45, 2.75) is 18.9 Å². The van der Waals surface area contributed by atoms with Crippen LogP contribution in [0.15, 0.2) is 35.5 Å². The lowest BCUT2D eigenvalue weighted by Gasteiger charge is -2.37. The molecule has 1 aromatic rings. The summed E-state index contributed by atoms with van der Waals surface area (Å²) in [6, 6.07) is 6.75. The third kappa shape index (κ3) is 3.56. The van der Waals surface area contributed by atoms with Crippen LogP contribution in [0.25, 0.3) is 0 Å². The number of rotatable bonds is 4. The molecule has 0 spiro atoms. The zero-order valence-corrected chi connectivity index (χ0v) is 12.4. The second kappa shape index (κ2) is 6.34. The van der Waals surface area contributed by atoms with Crippen molar-refractivity contribution in [1.82, 2.24) is 9.88 Å². The summed E-state index contributed by atoms with van der Waals surface area (Å²) >= 11 is 3.43. The quantitative estimate of drug-likeness (QED) is 0.852. The number of hydrogen-bond donors (Lipinski definition) is 0. The summed E-state index contributed by atoms with van der Waals surface area (Å²) in [4.78, 5) is 9.16. The number of aromatic nitrogens is 1. The lowest BCUT2D eigenvalue weighted by atomic mass is 10.0. The van der Waals surface area contributed by atoms with Crippen LogP contribution in [0, 0.1) is 0 Å². The normalized spacial score (nSPS) is 17.2. The van der Waals surface area contributed by atoms with Gasteiger partial charge in [-0.25, -0.2) is 4.98 Å². The summed E-state index contributed by atoms with van der Waals surface area (Å²) in [5, 5.41) is 0. The molecular weight excluding hydrogens is 290 g/mol. The van der Waals surface area contributed by atoms with Gasteiger partial charge in [0.2, 0.25) is 0 Å². The highest BCUT2D eigenvalue weighted by Crippen LogP contribution is 2.20. The summed E-state index contributed by atoms with van der Waals surface area (Å²) in [7, 11) is 2.17. The molecule has 0 amide bonds. The van der Waals surface area contributed by atoms with E-state index in [1.54, 1.807) is 0 Å². The third-order valence-electron chi connectivity index (χ3n) is 3.48. The number of hydrogen-bond acceptors (Lipinski definition) is 3. The maximum atomic E-state index is 4.41. The second-order valence-electron chi connectivity index (χ2n) is 4.84. The lowest BCUT2D eigenvalue weighted by molar-refractivity contribution is 0.226. The molecule has 2 heterocycles. The van der Waals surface area contributed by atoms with Gasteiger partial charge in [0.1, 0.15) is 5.82 Å². The molecule has 1 fully saturated rings. The van der Waals surface area contributed by atoms with E-state index < -0.39 is 0 Å². The van der Waals surface area contributed by atoms with Gasteiger partial charge in [0.25, 0.3) is 0 Å². The fourth-order valence-electron chi connectivity index (χ4n) is 2.48. The van der Waals surface area contributed by atoms with E-state index in [4.69, 9.17) is 0 Å². The molecule has 0 radical (unpaired) electrons. The minimum atomic E-state index is 0.652. The van der Waals surface area contributed by atoms with E-state index in [1.807, 2.05) is 12.3 Å². The lowest BCUT2D eigenvalue weighted by Crippen LogP contribution is -2.44. The first-order valence-corrected chi connectivity index (χ1v) is 7.15. The van der Waals surface area contributed by atoms with Gasteiger partial charge in [-0.05, 0) is 32.0 Å². The molecular formula is C14H20BrN3. The van der Waals surface area contributed by atoms with Crippen molar-refractivity contribution in [3.05, 3.63) is 35.5 Å². The zero-order valence-electron chi connectivity index (χ0n) is 10.8. The van der Waals surface area contributed by atoms with Crippen molar-refractivity contribution in [2.24, 2.45) is 0 Å². The van der Waals surface area contributed by atoms with E-state index >= 15 is 0 Å². The monoisotopic (exact) mass is 309 g/mol. The van der Waals surface area contributed by atoms with Gasteiger partial charge in [-0.2, -0.15) is 0 Å². The summed E-state index contributed by atoms with van der Waals surface area (Å²) in [6.45, 7) is 7.00.